The van der Waals surface area contributed by atoms with Crippen LogP contribution in [0.1, 0.15) is 15.9 Å². The van der Waals surface area contributed by atoms with E-state index in [1.807, 2.05) is 17.0 Å². The van der Waals surface area contributed by atoms with E-state index < -0.39 is 5.97 Å². The lowest BCUT2D eigenvalue weighted by Crippen LogP contribution is -2.32. The van der Waals surface area contributed by atoms with Crippen LogP contribution in [0.25, 0.3) is 11.0 Å². The Hall–Kier alpha value is -4.66. The van der Waals surface area contributed by atoms with Crippen LogP contribution in [0.3, 0.4) is 0 Å². The van der Waals surface area contributed by atoms with E-state index in [9.17, 15) is 9.59 Å². The van der Waals surface area contributed by atoms with Crippen molar-refractivity contribution in [1.82, 2.24) is 0 Å². The molecule has 5 rings (SSSR count). The fraction of sp³-hybridized carbons (Fsp3) is 0.185. The molecule has 36 heavy (non-hydrogen) atoms. The number of ether oxygens (including phenoxy) is 5. The molecule has 0 bridgehead atoms. The maximum atomic E-state index is 13.2. The summed E-state index contributed by atoms with van der Waals surface area (Å²) >= 11 is 0. The molecule has 184 valence electrons. The zero-order valence-corrected chi connectivity index (χ0v) is 19.9. The van der Waals surface area contributed by atoms with Gasteiger partial charge in [-0.25, -0.2) is 4.79 Å². The van der Waals surface area contributed by atoms with Crippen LogP contribution in [-0.2, 0) is 11.3 Å². The van der Waals surface area contributed by atoms with E-state index in [4.69, 9.17) is 28.1 Å². The Morgan fingerprint density at radius 1 is 0.917 bits per heavy atom. The number of anilines is 1. The van der Waals surface area contributed by atoms with Gasteiger partial charge in [0.15, 0.2) is 6.73 Å². The molecule has 1 aliphatic rings. The van der Waals surface area contributed by atoms with Gasteiger partial charge in [-0.1, -0.05) is 0 Å². The first-order valence-electron chi connectivity index (χ1n) is 11.1. The molecule has 0 saturated heterocycles. The van der Waals surface area contributed by atoms with Gasteiger partial charge in [-0.15, -0.1) is 0 Å². The maximum absolute atomic E-state index is 13.2. The van der Waals surface area contributed by atoms with Crippen molar-refractivity contribution < 1.29 is 32.9 Å². The van der Waals surface area contributed by atoms with E-state index in [-0.39, 0.29) is 11.2 Å². The first-order valence-corrected chi connectivity index (χ1v) is 11.1. The number of rotatable bonds is 6. The Labute approximate surface area is 206 Å². The topological polar surface area (TPSA) is 96.7 Å². The summed E-state index contributed by atoms with van der Waals surface area (Å²) in [6.45, 7) is 0.738. The van der Waals surface area contributed by atoms with Crippen LogP contribution in [0.4, 0.5) is 5.69 Å². The summed E-state index contributed by atoms with van der Waals surface area (Å²) in [6.07, 6.45) is 1.28. The second kappa shape index (κ2) is 9.53. The monoisotopic (exact) mass is 489 g/mol. The van der Waals surface area contributed by atoms with Crippen molar-refractivity contribution in [3.63, 3.8) is 0 Å². The molecule has 0 spiro atoms. The molecule has 0 amide bonds. The first kappa shape index (κ1) is 23.1. The minimum absolute atomic E-state index is 0.0266. The van der Waals surface area contributed by atoms with Crippen molar-refractivity contribution in [2.24, 2.45) is 0 Å². The molecule has 9 nitrogen and oxygen atoms in total. The van der Waals surface area contributed by atoms with Gasteiger partial charge in [0.05, 0.1) is 50.1 Å². The molecule has 0 saturated carbocycles. The van der Waals surface area contributed by atoms with Crippen LogP contribution in [0, 0.1) is 0 Å². The lowest BCUT2D eigenvalue weighted by Gasteiger charge is -2.32. The van der Waals surface area contributed by atoms with Crippen LogP contribution in [0.15, 0.2) is 70.1 Å². The number of carbonyl (C=O) groups excluding carboxylic acids is 1. The summed E-state index contributed by atoms with van der Waals surface area (Å²) in [7, 11) is 4.50. The highest BCUT2D eigenvalue weighted by atomic mass is 16.5. The van der Waals surface area contributed by atoms with E-state index in [0.29, 0.717) is 52.8 Å². The van der Waals surface area contributed by atoms with Gasteiger partial charge in [0.25, 0.3) is 0 Å². The molecular formula is C27H23NO8. The molecule has 0 aliphatic carbocycles. The lowest BCUT2D eigenvalue weighted by molar-refractivity contribution is 0.0600. The Morgan fingerprint density at radius 2 is 1.69 bits per heavy atom. The van der Waals surface area contributed by atoms with Crippen LogP contribution >= 0.6 is 0 Å². The zero-order valence-electron chi connectivity index (χ0n) is 19.9. The third-order valence-corrected chi connectivity index (χ3v) is 5.93. The van der Waals surface area contributed by atoms with Crippen LogP contribution in [-0.4, -0.2) is 34.0 Å². The summed E-state index contributed by atoms with van der Waals surface area (Å²) in [5, 5.41) is 0.365. The normalized spacial score (nSPS) is 12.5. The Morgan fingerprint density at radius 3 is 2.42 bits per heavy atom. The summed E-state index contributed by atoms with van der Waals surface area (Å²) < 4.78 is 33.1. The van der Waals surface area contributed by atoms with E-state index in [0.717, 1.165) is 11.3 Å². The van der Waals surface area contributed by atoms with Crippen molar-refractivity contribution in [1.29, 1.82) is 0 Å². The number of methoxy groups -OCH3 is 3. The molecule has 0 N–H and O–H groups in total. The van der Waals surface area contributed by atoms with Crippen molar-refractivity contribution in [3.05, 3.63) is 82.2 Å². The third kappa shape index (κ3) is 4.15. The maximum Gasteiger partial charge on any atom is 0.337 e. The van der Waals surface area contributed by atoms with Crippen LogP contribution in [0.5, 0.6) is 28.7 Å². The summed E-state index contributed by atoms with van der Waals surface area (Å²) in [5.41, 5.74) is 2.03. The van der Waals surface area contributed by atoms with E-state index in [1.54, 1.807) is 56.7 Å². The molecule has 0 radical (unpaired) electrons. The second-order valence-electron chi connectivity index (χ2n) is 7.98. The van der Waals surface area contributed by atoms with Crippen molar-refractivity contribution in [3.8, 4) is 28.7 Å². The number of benzene rings is 3. The fourth-order valence-electron chi connectivity index (χ4n) is 4.07. The van der Waals surface area contributed by atoms with Gasteiger partial charge in [0.2, 0.25) is 11.2 Å². The third-order valence-electron chi connectivity index (χ3n) is 5.93. The molecule has 0 unspecified atom stereocenters. The van der Waals surface area contributed by atoms with Gasteiger partial charge in [0.1, 0.15) is 34.8 Å². The van der Waals surface area contributed by atoms with Gasteiger partial charge in [-0.05, 0) is 48.5 Å². The molecule has 0 fully saturated rings. The van der Waals surface area contributed by atoms with E-state index >= 15 is 0 Å². The van der Waals surface area contributed by atoms with Gasteiger partial charge in [0, 0.05) is 6.07 Å². The Balaban J connectivity index is 1.46. The summed E-state index contributed by atoms with van der Waals surface area (Å²) in [5.74, 6) is 1.91. The SMILES string of the molecule is COC(=O)c1ccc(Oc2coc3c4c(ccc3c2=O)OCN(c2ccc(OC)cc2OC)C4)cc1. The molecule has 3 aromatic carbocycles. The highest BCUT2D eigenvalue weighted by molar-refractivity contribution is 5.89. The van der Waals surface area contributed by atoms with Gasteiger partial charge < -0.3 is 33.0 Å². The van der Waals surface area contributed by atoms with Crippen LogP contribution in [0.2, 0.25) is 0 Å². The second-order valence-corrected chi connectivity index (χ2v) is 7.98. The predicted octanol–water partition coefficient (Wildman–Crippen LogP) is 4.75. The van der Waals surface area contributed by atoms with Crippen molar-refractivity contribution in [2.45, 2.75) is 6.54 Å². The Bertz CT molecular complexity index is 1490. The Kier molecular flexibility index (Phi) is 6.12. The first-order chi connectivity index (χ1) is 17.5. The molecule has 2 heterocycles. The van der Waals surface area contributed by atoms with Gasteiger partial charge in [-0.3, -0.25) is 4.79 Å². The molecule has 1 aromatic heterocycles. The average molecular weight is 489 g/mol. The number of hydrogen-bond acceptors (Lipinski definition) is 9. The summed E-state index contributed by atoms with van der Waals surface area (Å²) in [6, 6.07) is 15.2. The molecule has 4 aromatic rings. The minimum Gasteiger partial charge on any atom is -0.497 e. The van der Waals surface area contributed by atoms with Crippen molar-refractivity contribution >= 4 is 22.6 Å². The molecular weight excluding hydrogens is 466 g/mol. The summed E-state index contributed by atoms with van der Waals surface area (Å²) in [4.78, 5) is 26.8. The predicted molar refractivity (Wildman–Crippen MR) is 132 cm³/mol. The van der Waals surface area contributed by atoms with Gasteiger partial charge >= 0.3 is 5.97 Å². The molecule has 9 heteroatoms. The number of nitrogens with zero attached hydrogens (tertiary/aromatic N) is 1. The largest absolute Gasteiger partial charge is 0.497 e. The van der Waals surface area contributed by atoms with Gasteiger partial charge in [-0.2, -0.15) is 0 Å². The zero-order chi connectivity index (χ0) is 25.2. The molecule has 0 atom stereocenters. The smallest absolute Gasteiger partial charge is 0.337 e. The number of esters is 1. The average Bonchev–Trinajstić information content (AvgIpc) is 2.93. The quantitative estimate of drug-likeness (QED) is 0.356. The molecule has 1 aliphatic heterocycles. The highest BCUT2D eigenvalue weighted by Crippen LogP contribution is 2.38. The lowest BCUT2D eigenvalue weighted by atomic mass is 10.1. The fourth-order valence-corrected chi connectivity index (χ4v) is 4.07. The van der Waals surface area contributed by atoms with Crippen LogP contribution < -0.4 is 29.3 Å². The van der Waals surface area contributed by atoms with Crippen molar-refractivity contribution in [2.75, 3.05) is 33.0 Å². The van der Waals surface area contributed by atoms with E-state index in [1.165, 1.54) is 13.4 Å². The van der Waals surface area contributed by atoms with E-state index in [2.05, 4.69) is 0 Å². The minimum atomic E-state index is -0.458. The number of carbonyl (C=O) groups is 1. The number of hydrogen-bond donors (Lipinski definition) is 0. The highest BCUT2D eigenvalue weighted by Gasteiger charge is 2.25. The standard InChI is InChI=1S/C27H23NO8/c1-31-18-8-10-21(23(12-18)32-2)28-13-20-22(35-15-28)11-9-19-25(29)24(14-34-26(19)20)36-17-6-4-16(5-7-17)27(30)33-3/h4-12,14H,13,15H2,1-3H3. The number of fused-ring (bicyclic) bond motifs is 3.